The van der Waals surface area contributed by atoms with Crippen LogP contribution in [0.1, 0.15) is 32.8 Å². The molecule has 4 heteroatoms. The molecule has 1 amide bonds. The molecule has 94 valence electrons. The van der Waals surface area contributed by atoms with Gasteiger partial charge in [0.25, 0.3) is 0 Å². The van der Waals surface area contributed by atoms with Crippen molar-refractivity contribution in [1.82, 2.24) is 5.32 Å². The Bertz CT molecular complexity index is 408. The van der Waals surface area contributed by atoms with Crippen LogP contribution in [-0.2, 0) is 10.3 Å². The van der Waals surface area contributed by atoms with Crippen LogP contribution in [0.15, 0.2) is 24.3 Å². The first-order valence-electron chi connectivity index (χ1n) is 5.73. The summed E-state index contributed by atoms with van der Waals surface area (Å²) < 4.78 is 13.2. The van der Waals surface area contributed by atoms with E-state index in [-0.39, 0.29) is 11.9 Å². The van der Waals surface area contributed by atoms with Gasteiger partial charge in [-0.25, -0.2) is 4.39 Å². The zero-order chi connectivity index (χ0) is 13.1. The first-order chi connectivity index (χ1) is 7.90. The number of halogens is 1. The normalized spacial score (nSPS) is 16.2. The minimum atomic E-state index is -1.04. The number of primary amides is 1. The van der Waals surface area contributed by atoms with E-state index in [0.29, 0.717) is 5.56 Å². The van der Waals surface area contributed by atoms with E-state index in [1.165, 1.54) is 12.1 Å². The van der Waals surface area contributed by atoms with Gasteiger partial charge in [-0.05, 0) is 38.0 Å². The monoisotopic (exact) mass is 238 g/mol. The molecule has 0 radical (unpaired) electrons. The first-order valence-corrected chi connectivity index (χ1v) is 5.73. The number of carbonyl (C=O) groups excluding carboxylic acids is 1. The molecule has 2 unspecified atom stereocenters. The molecule has 0 saturated carbocycles. The summed E-state index contributed by atoms with van der Waals surface area (Å²) >= 11 is 0. The number of rotatable bonds is 5. The number of benzene rings is 1. The largest absolute Gasteiger partial charge is 0.368 e. The maximum absolute atomic E-state index is 13.2. The Morgan fingerprint density at radius 3 is 2.71 bits per heavy atom. The summed E-state index contributed by atoms with van der Waals surface area (Å²) in [5, 5.41) is 3.14. The summed E-state index contributed by atoms with van der Waals surface area (Å²) in [4.78, 5) is 11.6. The second-order valence-electron chi connectivity index (χ2n) is 4.45. The Labute approximate surface area is 101 Å². The Morgan fingerprint density at radius 2 is 2.24 bits per heavy atom. The maximum atomic E-state index is 13.2. The summed E-state index contributed by atoms with van der Waals surface area (Å²) in [6.07, 6.45) is 0.859. The summed E-state index contributed by atoms with van der Waals surface area (Å²) in [5.74, 6) is -0.885. The van der Waals surface area contributed by atoms with Crippen LogP contribution in [-0.4, -0.2) is 11.9 Å². The van der Waals surface area contributed by atoms with Gasteiger partial charge in [0.2, 0.25) is 5.91 Å². The molecule has 1 rings (SSSR count). The highest BCUT2D eigenvalue weighted by Gasteiger charge is 2.34. The number of amides is 1. The topological polar surface area (TPSA) is 55.1 Å². The van der Waals surface area contributed by atoms with Gasteiger partial charge in [-0.2, -0.15) is 0 Å². The van der Waals surface area contributed by atoms with Crippen LogP contribution >= 0.6 is 0 Å². The second-order valence-corrected chi connectivity index (χ2v) is 4.45. The van der Waals surface area contributed by atoms with Crippen molar-refractivity contribution in [2.24, 2.45) is 5.73 Å². The minimum Gasteiger partial charge on any atom is -0.368 e. The van der Waals surface area contributed by atoms with Crippen molar-refractivity contribution in [3.8, 4) is 0 Å². The van der Waals surface area contributed by atoms with E-state index in [0.717, 1.165) is 6.42 Å². The van der Waals surface area contributed by atoms with Crippen molar-refractivity contribution in [2.45, 2.75) is 38.8 Å². The van der Waals surface area contributed by atoms with E-state index in [9.17, 15) is 9.18 Å². The standard InChI is InChI=1S/C13H19FN2O/c1-4-9(2)16-13(3,12(15)17)10-6-5-7-11(14)8-10/h5-9,16H,4H2,1-3H3,(H2,15,17). The molecule has 0 aliphatic rings. The molecule has 0 spiro atoms. The molecular weight excluding hydrogens is 219 g/mol. The fourth-order valence-corrected chi connectivity index (χ4v) is 1.69. The van der Waals surface area contributed by atoms with E-state index in [1.54, 1.807) is 19.1 Å². The third-order valence-electron chi connectivity index (χ3n) is 3.04. The average molecular weight is 238 g/mol. The van der Waals surface area contributed by atoms with Gasteiger partial charge in [0, 0.05) is 6.04 Å². The van der Waals surface area contributed by atoms with E-state index >= 15 is 0 Å². The number of nitrogens with one attached hydrogen (secondary N) is 1. The molecule has 0 bridgehead atoms. The highest BCUT2D eigenvalue weighted by Crippen LogP contribution is 2.22. The lowest BCUT2D eigenvalue weighted by molar-refractivity contribution is -0.124. The predicted octanol–water partition coefficient (Wildman–Crippen LogP) is 1.91. The van der Waals surface area contributed by atoms with Crippen LogP contribution in [0.4, 0.5) is 4.39 Å². The van der Waals surface area contributed by atoms with Gasteiger partial charge in [0.05, 0.1) is 0 Å². The van der Waals surface area contributed by atoms with Crippen molar-refractivity contribution in [3.63, 3.8) is 0 Å². The SMILES string of the molecule is CCC(C)NC(C)(C(N)=O)c1cccc(F)c1. The van der Waals surface area contributed by atoms with Crippen molar-refractivity contribution < 1.29 is 9.18 Å². The summed E-state index contributed by atoms with van der Waals surface area (Å²) in [6, 6.07) is 6.07. The van der Waals surface area contributed by atoms with E-state index in [4.69, 9.17) is 5.73 Å². The second kappa shape index (κ2) is 5.27. The molecule has 2 atom stereocenters. The molecule has 0 aliphatic carbocycles. The number of hydrogen-bond acceptors (Lipinski definition) is 2. The maximum Gasteiger partial charge on any atom is 0.242 e. The molecular formula is C13H19FN2O. The summed E-state index contributed by atoms with van der Waals surface area (Å²) in [6.45, 7) is 5.64. The van der Waals surface area contributed by atoms with Crippen LogP contribution in [0.5, 0.6) is 0 Å². The van der Waals surface area contributed by atoms with Crippen LogP contribution in [0.2, 0.25) is 0 Å². The zero-order valence-electron chi connectivity index (χ0n) is 10.5. The molecule has 0 aromatic heterocycles. The highest BCUT2D eigenvalue weighted by molar-refractivity contribution is 5.85. The van der Waals surface area contributed by atoms with Gasteiger partial charge in [-0.1, -0.05) is 19.1 Å². The van der Waals surface area contributed by atoms with Crippen molar-refractivity contribution >= 4 is 5.91 Å². The average Bonchev–Trinajstić information content (AvgIpc) is 2.28. The van der Waals surface area contributed by atoms with E-state index in [1.807, 2.05) is 13.8 Å². The quantitative estimate of drug-likeness (QED) is 0.823. The van der Waals surface area contributed by atoms with E-state index < -0.39 is 11.4 Å². The lowest BCUT2D eigenvalue weighted by atomic mass is 9.90. The molecule has 1 aromatic rings. The molecule has 0 fully saturated rings. The van der Waals surface area contributed by atoms with E-state index in [2.05, 4.69) is 5.32 Å². The van der Waals surface area contributed by atoms with Crippen molar-refractivity contribution in [3.05, 3.63) is 35.6 Å². The fraction of sp³-hybridized carbons (Fsp3) is 0.462. The molecule has 1 aromatic carbocycles. The smallest absolute Gasteiger partial charge is 0.242 e. The van der Waals surface area contributed by atoms with Gasteiger partial charge in [-0.3, -0.25) is 10.1 Å². The molecule has 17 heavy (non-hydrogen) atoms. The Kier molecular flexibility index (Phi) is 4.23. The lowest BCUT2D eigenvalue weighted by Gasteiger charge is -2.31. The Balaban J connectivity index is 3.11. The number of nitrogens with two attached hydrogens (primary N) is 1. The van der Waals surface area contributed by atoms with Crippen molar-refractivity contribution in [1.29, 1.82) is 0 Å². The van der Waals surface area contributed by atoms with Crippen LogP contribution < -0.4 is 11.1 Å². The van der Waals surface area contributed by atoms with Gasteiger partial charge in [0.15, 0.2) is 0 Å². The molecule has 0 heterocycles. The highest BCUT2D eigenvalue weighted by atomic mass is 19.1. The molecule has 0 aliphatic heterocycles. The van der Waals surface area contributed by atoms with Gasteiger partial charge in [0.1, 0.15) is 11.4 Å². The number of hydrogen-bond donors (Lipinski definition) is 2. The van der Waals surface area contributed by atoms with Crippen molar-refractivity contribution in [2.75, 3.05) is 0 Å². The van der Waals surface area contributed by atoms with Gasteiger partial charge < -0.3 is 5.73 Å². The molecule has 3 nitrogen and oxygen atoms in total. The van der Waals surface area contributed by atoms with Gasteiger partial charge in [-0.15, -0.1) is 0 Å². The third-order valence-corrected chi connectivity index (χ3v) is 3.04. The molecule has 0 saturated heterocycles. The van der Waals surface area contributed by atoms with Crippen LogP contribution in [0, 0.1) is 5.82 Å². The summed E-state index contributed by atoms with van der Waals surface area (Å²) in [7, 11) is 0. The predicted molar refractivity (Wildman–Crippen MR) is 65.8 cm³/mol. The Hall–Kier alpha value is -1.42. The summed E-state index contributed by atoms with van der Waals surface area (Å²) in [5.41, 5.74) is 4.93. The Morgan fingerprint density at radius 1 is 1.59 bits per heavy atom. The van der Waals surface area contributed by atoms with Crippen LogP contribution in [0.3, 0.4) is 0 Å². The first kappa shape index (κ1) is 13.6. The van der Waals surface area contributed by atoms with Gasteiger partial charge >= 0.3 is 0 Å². The van der Waals surface area contributed by atoms with Crippen LogP contribution in [0.25, 0.3) is 0 Å². The molecule has 3 N–H and O–H groups in total. The zero-order valence-corrected chi connectivity index (χ0v) is 10.5. The third kappa shape index (κ3) is 3.03. The number of carbonyl (C=O) groups is 1. The fourth-order valence-electron chi connectivity index (χ4n) is 1.69. The lowest BCUT2D eigenvalue weighted by Crippen LogP contribution is -2.53. The minimum absolute atomic E-state index is 0.121.